The van der Waals surface area contributed by atoms with Gasteiger partial charge in [0.25, 0.3) is 0 Å². The third-order valence-electron chi connectivity index (χ3n) is 5.14. The van der Waals surface area contributed by atoms with Crippen molar-refractivity contribution >= 4 is 0 Å². The fourth-order valence-corrected chi connectivity index (χ4v) is 2.86. The standard InChI is InChI=1S/C14H27NO/c1-4-14(16)7-5-12(6-8-14)15-11(2)13(3)9-10-13/h11-12,15-16H,4-10H2,1-3H3. The second-order valence-corrected chi connectivity index (χ2v) is 6.39. The van der Waals surface area contributed by atoms with Crippen molar-refractivity contribution in [2.75, 3.05) is 0 Å². The molecule has 0 aromatic rings. The van der Waals surface area contributed by atoms with Crippen LogP contribution in [0.15, 0.2) is 0 Å². The minimum atomic E-state index is -0.356. The van der Waals surface area contributed by atoms with Crippen LogP contribution in [0, 0.1) is 5.41 Å². The van der Waals surface area contributed by atoms with Crippen LogP contribution in [0.25, 0.3) is 0 Å². The van der Waals surface area contributed by atoms with Crippen molar-refractivity contribution in [2.45, 2.75) is 83.4 Å². The maximum Gasteiger partial charge on any atom is 0.0646 e. The van der Waals surface area contributed by atoms with E-state index in [0.717, 1.165) is 32.1 Å². The van der Waals surface area contributed by atoms with Crippen LogP contribution in [0.3, 0.4) is 0 Å². The Morgan fingerprint density at radius 3 is 2.25 bits per heavy atom. The van der Waals surface area contributed by atoms with Gasteiger partial charge in [0.1, 0.15) is 0 Å². The maximum absolute atomic E-state index is 10.2. The summed E-state index contributed by atoms with van der Waals surface area (Å²) in [6, 6.07) is 1.28. The lowest BCUT2D eigenvalue weighted by Gasteiger charge is -2.37. The van der Waals surface area contributed by atoms with Crippen LogP contribution in [0.1, 0.15) is 65.7 Å². The molecule has 2 aliphatic rings. The van der Waals surface area contributed by atoms with Crippen molar-refractivity contribution in [2.24, 2.45) is 5.41 Å². The third kappa shape index (κ3) is 2.60. The zero-order valence-electron chi connectivity index (χ0n) is 11.1. The Kier molecular flexibility index (Phi) is 3.33. The van der Waals surface area contributed by atoms with Gasteiger partial charge in [-0.3, -0.25) is 0 Å². The molecule has 0 heterocycles. The fraction of sp³-hybridized carbons (Fsp3) is 1.00. The van der Waals surface area contributed by atoms with E-state index in [-0.39, 0.29) is 5.60 Å². The Hall–Kier alpha value is -0.0800. The molecule has 2 saturated carbocycles. The van der Waals surface area contributed by atoms with E-state index in [9.17, 15) is 5.11 Å². The van der Waals surface area contributed by atoms with Gasteiger partial charge in [0, 0.05) is 12.1 Å². The molecular weight excluding hydrogens is 198 g/mol. The van der Waals surface area contributed by atoms with Crippen molar-refractivity contribution in [3.63, 3.8) is 0 Å². The van der Waals surface area contributed by atoms with Crippen LogP contribution in [-0.2, 0) is 0 Å². The summed E-state index contributed by atoms with van der Waals surface area (Å²) >= 11 is 0. The van der Waals surface area contributed by atoms with Gasteiger partial charge < -0.3 is 10.4 Å². The molecule has 2 rings (SSSR count). The van der Waals surface area contributed by atoms with Gasteiger partial charge in [-0.1, -0.05) is 13.8 Å². The van der Waals surface area contributed by atoms with Crippen LogP contribution >= 0.6 is 0 Å². The Labute approximate surface area is 99.8 Å². The lowest BCUT2D eigenvalue weighted by Crippen LogP contribution is -2.46. The van der Waals surface area contributed by atoms with Crippen molar-refractivity contribution in [3.8, 4) is 0 Å². The smallest absolute Gasteiger partial charge is 0.0646 e. The van der Waals surface area contributed by atoms with Gasteiger partial charge in [0.2, 0.25) is 0 Å². The van der Waals surface area contributed by atoms with Gasteiger partial charge in [0.05, 0.1) is 5.60 Å². The first-order valence-electron chi connectivity index (χ1n) is 6.96. The van der Waals surface area contributed by atoms with Gasteiger partial charge in [0.15, 0.2) is 0 Å². The topological polar surface area (TPSA) is 32.3 Å². The molecule has 0 aliphatic heterocycles. The molecule has 1 atom stereocenters. The summed E-state index contributed by atoms with van der Waals surface area (Å²) in [5.41, 5.74) is 0.212. The van der Waals surface area contributed by atoms with Gasteiger partial charge in [-0.05, 0) is 57.3 Å². The summed E-state index contributed by atoms with van der Waals surface area (Å²) in [6.45, 7) is 6.81. The molecule has 94 valence electrons. The van der Waals surface area contributed by atoms with E-state index in [2.05, 4.69) is 26.1 Å². The molecule has 0 bridgehead atoms. The minimum absolute atomic E-state index is 0.356. The lowest BCUT2D eigenvalue weighted by atomic mass is 9.80. The summed E-state index contributed by atoms with van der Waals surface area (Å²) in [6.07, 6.45) is 7.91. The average Bonchev–Trinajstić information content (AvgIpc) is 3.02. The predicted molar refractivity (Wildman–Crippen MR) is 67.4 cm³/mol. The zero-order chi connectivity index (χ0) is 11.8. The van der Waals surface area contributed by atoms with Crippen molar-refractivity contribution < 1.29 is 5.11 Å². The third-order valence-corrected chi connectivity index (χ3v) is 5.14. The van der Waals surface area contributed by atoms with E-state index < -0.39 is 0 Å². The molecule has 0 aromatic heterocycles. The SMILES string of the molecule is CCC1(O)CCC(NC(C)C2(C)CC2)CC1. The summed E-state index contributed by atoms with van der Waals surface area (Å²) in [5, 5.41) is 13.9. The first kappa shape index (κ1) is 12.4. The molecule has 0 amide bonds. The van der Waals surface area contributed by atoms with E-state index in [4.69, 9.17) is 0 Å². The van der Waals surface area contributed by atoms with E-state index in [0.29, 0.717) is 17.5 Å². The first-order valence-corrected chi connectivity index (χ1v) is 6.96. The second-order valence-electron chi connectivity index (χ2n) is 6.39. The fourth-order valence-electron chi connectivity index (χ4n) is 2.86. The Morgan fingerprint density at radius 2 is 1.81 bits per heavy atom. The highest BCUT2D eigenvalue weighted by atomic mass is 16.3. The molecular formula is C14H27NO. The van der Waals surface area contributed by atoms with Gasteiger partial charge in [-0.2, -0.15) is 0 Å². The van der Waals surface area contributed by atoms with E-state index in [1.165, 1.54) is 12.8 Å². The molecule has 2 nitrogen and oxygen atoms in total. The second kappa shape index (κ2) is 4.30. The minimum Gasteiger partial charge on any atom is -0.390 e. The maximum atomic E-state index is 10.2. The summed E-state index contributed by atoms with van der Waals surface area (Å²) in [4.78, 5) is 0. The quantitative estimate of drug-likeness (QED) is 0.771. The number of nitrogens with one attached hydrogen (secondary N) is 1. The van der Waals surface area contributed by atoms with Gasteiger partial charge in [-0.25, -0.2) is 0 Å². The molecule has 16 heavy (non-hydrogen) atoms. The normalized spacial score (nSPS) is 39.4. The Bertz CT molecular complexity index is 239. The Morgan fingerprint density at radius 1 is 1.25 bits per heavy atom. The Balaban J connectivity index is 1.77. The molecule has 0 radical (unpaired) electrons. The lowest BCUT2D eigenvalue weighted by molar-refractivity contribution is -0.00834. The van der Waals surface area contributed by atoms with Crippen LogP contribution in [0.2, 0.25) is 0 Å². The predicted octanol–water partition coefficient (Wildman–Crippen LogP) is 2.85. The molecule has 0 aromatic carbocycles. The number of hydrogen-bond donors (Lipinski definition) is 2. The van der Waals surface area contributed by atoms with Gasteiger partial charge >= 0.3 is 0 Å². The average molecular weight is 225 g/mol. The number of hydrogen-bond acceptors (Lipinski definition) is 2. The first-order chi connectivity index (χ1) is 7.47. The molecule has 2 N–H and O–H groups in total. The van der Waals surface area contributed by atoms with Crippen LogP contribution in [0.5, 0.6) is 0 Å². The number of aliphatic hydroxyl groups is 1. The monoisotopic (exact) mass is 225 g/mol. The van der Waals surface area contributed by atoms with Crippen molar-refractivity contribution in [1.82, 2.24) is 5.32 Å². The highest BCUT2D eigenvalue weighted by molar-refractivity contribution is 4.98. The largest absolute Gasteiger partial charge is 0.390 e. The molecule has 0 spiro atoms. The van der Waals surface area contributed by atoms with Gasteiger partial charge in [-0.15, -0.1) is 0 Å². The molecule has 2 aliphatic carbocycles. The van der Waals surface area contributed by atoms with E-state index in [1.54, 1.807) is 0 Å². The molecule has 2 heteroatoms. The summed E-state index contributed by atoms with van der Waals surface area (Å²) in [5.74, 6) is 0. The van der Waals surface area contributed by atoms with Crippen molar-refractivity contribution in [3.05, 3.63) is 0 Å². The van der Waals surface area contributed by atoms with Crippen LogP contribution in [0.4, 0.5) is 0 Å². The van der Waals surface area contributed by atoms with Crippen molar-refractivity contribution in [1.29, 1.82) is 0 Å². The highest BCUT2D eigenvalue weighted by Gasteiger charge is 2.43. The molecule has 2 fully saturated rings. The summed E-state index contributed by atoms with van der Waals surface area (Å²) < 4.78 is 0. The number of rotatable bonds is 4. The van der Waals surface area contributed by atoms with E-state index >= 15 is 0 Å². The van der Waals surface area contributed by atoms with E-state index in [1.807, 2.05) is 0 Å². The highest BCUT2D eigenvalue weighted by Crippen LogP contribution is 2.48. The van der Waals surface area contributed by atoms with Crippen LogP contribution < -0.4 is 5.32 Å². The molecule has 0 saturated heterocycles. The molecule has 1 unspecified atom stereocenters. The van der Waals surface area contributed by atoms with Crippen LogP contribution in [-0.4, -0.2) is 22.8 Å². The zero-order valence-corrected chi connectivity index (χ0v) is 11.1. The summed E-state index contributed by atoms with van der Waals surface area (Å²) in [7, 11) is 0.